The molecular formula is C27H24ClNO3. The summed E-state index contributed by atoms with van der Waals surface area (Å²) in [6, 6.07) is 19.8. The van der Waals surface area contributed by atoms with Crippen molar-refractivity contribution < 1.29 is 14.3 Å². The third kappa shape index (κ3) is 4.04. The Labute approximate surface area is 193 Å². The number of nitrogens with zero attached hydrogens (tertiary/aromatic N) is 1. The van der Waals surface area contributed by atoms with Crippen molar-refractivity contribution in [3.63, 3.8) is 0 Å². The predicted octanol–water partition coefficient (Wildman–Crippen LogP) is 6.05. The normalized spacial score (nSPS) is 16.4. The quantitative estimate of drug-likeness (QED) is 0.448. The number of allylic oxidation sites excluding steroid dienone is 1. The Balaban J connectivity index is 1.33. The standard InChI is InChI=1S/C27H24ClNO3/c1-18-26-21(16-29(17-31-26)13-7-10-19-8-3-2-4-9-19)14-22-25(30)24(32-27(18)22)15-20-11-5-6-12-23(20)28/h2-6,8-9,11-12,14-15H,7,10,13,16-17H2,1H3/b24-15-. The van der Waals surface area contributed by atoms with Crippen LogP contribution >= 0.6 is 11.6 Å². The zero-order chi connectivity index (χ0) is 22.1. The molecule has 0 aliphatic carbocycles. The summed E-state index contributed by atoms with van der Waals surface area (Å²) in [5.74, 6) is 1.59. The highest BCUT2D eigenvalue weighted by atomic mass is 35.5. The number of hydrogen-bond acceptors (Lipinski definition) is 4. The molecule has 0 saturated heterocycles. The van der Waals surface area contributed by atoms with Crippen LogP contribution in [0.2, 0.25) is 5.02 Å². The van der Waals surface area contributed by atoms with Crippen molar-refractivity contribution in [1.29, 1.82) is 0 Å². The van der Waals surface area contributed by atoms with Crippen LogP contribution in [0.25, 0.3) is 6.08 Å². The number of Topliss-reactive ketones (excluding diaryl/α,β-unsaturated/α-hetero) is 1. The van der Waals surface area contributed by atoms with Gasteiger partial charge < -0.3 is 9.47 Å². The Hall–Kier alpha value is -3.08. The maximum absolute atomic E-state index is 13.1. The van der Waals surface area contributed by atoms with Gasteiger partial charge in [-0.1, -0.05) is 60.1 Å². The van der Waals surface area contributed by atoms with Crippen molar-refractivity contribution in [3.8, 4) is 11.5 Å². The molecule has 5 heteroatoms. The summed E-state index contributed by atoms with van der Waals surface area (Å²) in [7, 11) is 0. The molecule has 5 rings (SSSR count). The smallest absolute Gasteiger partial charge is 0.231 e. The van der Waals surface area contributed by atoms with Gasteiger partial charge in [0.15, 0.2) is 5.76 Å². The SMILES string of the molecule is Cc1c2c(cc3c1O/C(=C\c1ccccc1Cl)C3=O)CN(CCCc1ccccc1)CO2. The lowest BCUT2D eigenvalue weighted by molar-refractivity contribution is 0.0932. The molecule has 0 aromatic heterocycles. The van der Waals surface area contributed by atoms with Gasteiger partial charge in [0.2, 0.25) is 5.78 Å². The largest absolute Gasteiger partial charge is 0.477 e. The van der Waals surface area contributed by atoms with E-state index in [0.717, 1.165) is 48.4 Å². The summed E-state index contributed by atoms with van der Waals surface area (Å²) >= 11 is 6.26. The highest BCUT2D eigenvalue weighted by molar-refractivity contribution is 6.32. The fourth-order valence-electron chi connectivity index (χ4n) is 4.32. The molecule has 4 nitrogen and oxygen atoms in total. The van der Waals surface area contributed by atoms with E-state index < -0.39 is 0 Å². The number of fused-ring (bicyclic) bond motifs is 2. The van der Waals surface area contributed by atoms with Crippen LogP contribution in [0, 0.1) is 6.92 Å². The molecule has 0 bridgehead atoms. The first-order chi connectivity index (χ1) is 15.6. The Morgan fingerprint density at radius 1 is 1.06 bits per heavy atom. The number of ketones is 1. The Morgan fingerprint density at radius 2 is 1.84 bits per heavy atom. The molecule has 2 aliphatic heterocycles. The van der Waals surface area contributed by atoms with Gasteiger partial charge in [-0.15, -0.1) is 0 Å². The Bertz CT molecular complexity index is 1200. The van der Waals surface area contributed by atoms with E-state index in [1.54, 1.807) is 12.1 Å². The van der Waals surface area contributed by atoms with Crippen LogP contribution in [0.3, 0.4) is 0 Å². The van der Waals surface area contributed by atoms with Crippen molar-refractivity contribution in [1.82, 2.24) is 4.90 Å². The summed E-state index contributed by atoms with van der Waals surface area (Å²) in [6.45, 7) is 4.19. The minimum absolute atomic E-state index is 0.118. The number of aryl methyl sites for hydroxylation is 1. The van der Waals surface area contributed by atoms with Gasteiger partial charge in [0.05, 0.1) is 5.56 Å². The molecule has 0 radical (unpaired) electrons. The monoisotopic (exact) mass is 445 g/mol. The second kappa shape index (κ2) is 8.81. The molecule has 0 atom stereocenters. The molecule has 2 aliphatic rings. The first-order valence-corrected chi connectivity index (χ1v) is 11.2. The van der Waals surface area contributed by atoms with Gasteiger partial charge in [0.1, 0.15) is 18.2 Å². The summed E-state index contributed by atoms with van der Waals surface area (Å²) < 4.78 is 12.1. The van der Waals surface area contributed by atoms with Gasteiger partial charge in [-0.2, -0.15) is 0 Å². The zero-order valence-corrected chi connectivity index (χ0v) is 18.7. The third-order valence-electron chi connectivity index (χ3n) is 5.98. The number of hydrogen-bond donors (Lipinski definition) is 0. The van der Waals surface area contributed by atoms with E-state index >= 15 is 0 Å². The lowest BCUT2D eigenvalue weighted by Gasteiger charge is -2.30. The van der Waals surface area contributed by atoms with Crippen molar-refractivity contribution >= 4 is 23.5 Å². The number of benzene rings is 3. The van der Waals surface area contributed by atoms with Crippen LogP contribution < -0.4 is 9.47 Å². The number of ether oxygens (including phenoxy) is 2. The van der Waals surface area contributed by atoms with E-state index in [9.17, 15) is 4.79 Å². The highest BCUT2D eigenvalue weighted by Crippen LogP contribution is 2.43. The third-order valence-corrected chi connectivity index (χ3v) is 6.32. The summed E-state index contributed by atoms with van der Waals surface area (Å²) in [6.07, 6.45) is 3.80. The summed E-state index contributed by atoms with van der Waals surface area (Å²) in [4.78, 5) is 15.3. The lowest BCUT2D eigenvalue weighted by Crippen LogP contribution is -2.33. The molecule has 0 fully saturated rings. The van der Waals surface area contributed by atoms with Gasteiger partial charge in [-0.25, -0.2) is 0 Å². The summed E-state index contributed by atoms with van der Waals surface area (Å²) in [5, 5.41) is 0.581. The molecule has 32 heavy (non-hydrogen) atoms. The fourth-order valence-corrected chi connectivity index (χ4v) is 4.52. The topological polar surface area (TPSA) is 38.8 Å². The maximum atomic E-state index is 13.1. The van der Waals surface area contributed by atoms with Crippen LogP contribution in [0.4, 0.5) is 0 Å². The van der Waals surface area contributed by atoms with Gasteiger partial charge in [-0.05, 0) is 49.1 Å². The lowest BCUT2D eigenvalue weighted by atomic mass is 10.00. The molecule has 162 valence electrons. The Kier molecular flexibility index (Phi) is 5.73. The zero-order valence-electron chi connectivity index (χ0n) is 17.9. The molecule has 0 saturated carbocycles. The first kappa shape index (κ1) is 20.8. The van der Waals surface area contributed by atoms with E-state index in [2.05, 4.69) is 29.2 Å². The second-order valence-corrected chi connectivity index (χ2v) is 8.65. The van der Waals surface area contributed by atoms with Crippen LogP contribution in [-0.2, 0) is 13.0 Å². The number of rotatable bonds is 5. The molecule has 0 unspecified atom stereocenters. The highest BCUT2D eigenvalue weighted by Gasteiger charge is 2.33. The minimum Gasteiger partial charge on any atom is -0.477 e. The summed E-state index contributed by atoms with van der Waals surface area (Å²) in [5.41, 5.74) is 4.60. The Morgan fingerprint density at radius 3 is 2.66 bits per heavy atom. The molecule has 2 heterocycles. The van der Waals surface area contributed by atoms with Gasteiger partial charge in [0.25, 0.3) is 0 Å². The molecule has 3 aromatic carbocycles. The fraction of sp³-hybridized carbons (Fsp3) is 0.222. The molecular weight excluding hydrogens is 422 g/mol. The van der Waals surface area contributed by atoms with Crippen molar-refractivity contribution in [2.75, 3.05) is 13.3 Å². The van der Waals surface area contributed by atoms with Crippen LogP contribution in [-0.4, -0.2) is 24.0 Å². The van der Waals surface area contributed by atoms with E-state index in [4.69, 9.17) is 21.1 Å². The number of halogens is 1. The minimum atomic E-state index is -0.118. The molecule has 0 amide bonds. The van der Waals surface area contributed by atoms with Gasteiger partial charge in [-0.3, -0.25) is 9.69 Å². The van der Waals surface area contributed by atoms with E-state index in [1.165, 1.54) is 5.56 Å². The predicted molar refractivity (Wildman–Crippen MR) is 126 cm³/mol. The molecule has 0 N–H and O–H groups in total. The average Bonchev–Trinajstić information content (AvgIpc) is 3.12. The van der Waals surface area contributed by atoms with E-state index in [-0.39, 0.29) is 5.78 Å². The first-order valence-electron chi connectivity index (χ1n) is 10.8. The molecule has 0 spiro atoms. The van der Waals surface area contributed by atoms with Crippen LogP contribution in [0.5, 0.6) is 11.5 Å². The number of carbonyl (C=O) groups is 1. The average molecular weight is 446 g/mol. The number of carbonyl (C=O) groups excluding carboxylic acids is 1. The van der Waals surface area contributed by atoms with Crippen molar-refractivity contribution in [3.05, 3.63) is 99.3 Å². The van der Waals surface area contributed by atoms with Crippen molar-refractivity contribution in [2.45, 2.75) is 26.3 Å². The maximum Gasteiger partial charge on any atom is 0.231 e. The van der Waals surface area contributed by atoms with Crippen LogP contribution in [0.15, 0.2) is 66.4 Å². The van der Waals surface area contributed by atoms with E-state index in [0.29, 0.717) is 28.8 Å². The van der Waals surface area contributed by atoms with Crippen molar-refractivity contribution in [2.24, 2.45) is 0 Å². The molecule has 3 aromatic rings. The van der Waals surface area contributed by atoms with E-state index in [1.807, 2.05) is 37.3 Å². The van der Waals surface area contributed by atoms with Gasteiger partial charge >= 0.3 is 0 Å². The van der Waals surface area contributed by atoms with Gasteiger partial charge in [0, 0.05) is 29.2 Å². The van der Waals surface area contributed by atoms with Crippen LogP contribution in [0.1, 0.15) is 39.0 Å². The second-order valence-electron chi connectivity index (χ2n) is 8.24.